The van der Waals surface area contributed by atoms with E-state index in [0.29, 0.717) is 0 Å². The number of benzene rings is 1. The van der Waals surface area contributed by atoms with E-state index in [0.717, 1.165) is 35.9 Å². The maximum atomic E-state index is 5.66. The maximum absolute atomic E-state index is 5.66. The van der Waals surface area contributed by atoms with E-state index in [4.69, 9.17) is 10.6 Å². The van der Waals surface area contributed by atoms with Crippen molar-refractivity contribution in [3.63, 3.8) is 0 Å². The number of hydrazine groups is 1. The van der Waals surface area contributed by atoms with Crippen molar-refractivity contribution in [2.45, 2.75) is 26.3 Å². The van der Waals surface area contributed by atoms with Gasteiger partial charge in [-0.3, -0.25) is 5.84 Å². The molecule has 0 radical (unpaired) electrons. The number of rotatable bonds is 6. The Morgan fingerprint density at radius 2 is 2.00 bits per heavy atom. The van der Waals surface area contributed by atoms with Crippen LogP contribution in [0.3, 0.4) is 0 Å². The fraction of sp³-hybridized carbons (Fsp3) is 0.333. The third kappa shape index (κ3) is 3.53. The molecular weight excluding hydrogens is 252 g/mol. The average molecular weight is 272 g/mol. The van der Waals surface area contributed by atoms with Crippen molar-refractivity contribution in [2.24, 2.45) is 5.84 Å². The highest BCUT2D eigenvalue weighted by Crippen LogP contribution is 2.22. The number of nitrogens with one attached hydrogen (secondary N) is 1. The van der Waals surface area contributed by atoms with E-state index in [-0.39, 0.29) is 6.04 Å². The minimum atomic E-state index is -0.156. The van der Waals surface area contributed by atoms with Gasteiger partial charge < -0.3 is 4.74 Å². The molecule has 0 saturated heterocycles. The summed E-state index contributed by atoms with van der Waals surface area (Å²) in [6.45, 7) is 4.67. The fourth-order valence-corrected chi connectivity index (χ4v) is 1.96. The van der Waals surface area contributed by atoms with Crippen LogP contribution in [0.2, 0.25) is 0 Å². The van der Waals surface area contributed by atoms with Gasteiger partial charge in [0.1, 0.15) is 11.6 Å². The van der Waals surface area contributed by atoms with E-state index in [1.165, 1.54) is 0 Å². The molecule has 0 amide bonds. The van der Waals surface area contributed by atoms with Gasteiger partial charge in [0.25, 0.3) is 0 Å². The molecule has 0 bridgehead atoms. The summed E-state index contributed by atoms with van der Waals surface area (Å²) in [5.41, 5.74) is 4.68. The van der Waals surface area contributed by atoms with Crippen molar-refractivity contribution in [1.82, 2.24) is 15.4 Å². The summed E-state index contributed by atoms with van der Waals surface area (Å²) in [6, 6.07) is 9.59. The van der Waals surface area contributed by atoms with Gasteiger partial charge in [0.15, 0.2) is 0 Å². The van der Waals surface area contributed by atoms with Gasteiger partial charge in [-0.25, -0.2) is 15.4 Å². The van der Waals surface area contributed by atoms with Gasteiger partial charge in [-0.2, -0.15) is 0 Å². The summed E-state index contributed by atoms with van der Waals surface area (Å²) in [4.78, 5) is 8.51. The molecule has 5 heteroatoms. The second-order valence-corrected chi connectivity index (χ2v) is 4.55. The zero-order chi connectivity index (χ0) is 14.4. The predicted molar refractivity (Wildman–Crippen MR) is 78.2 cm³/mol. The van der Waals surface area contributed by atoms with Crippen molar-refractivity contribution in [3.8, 4) is 5.75 Å². The van der Waals surface area contributed by atoms with Crippen LogP contribution in [-0.2, 0) is 0 Å². The number of nitrogens with two attached hydrogens (primary N) is 1. The Morgan fingerprint density at radius 3 is 2.60 bits per heavy atom. The van der Waals surface area contributed by atoms with E-state index in [1.807, 2.05) is 37.3 Å². The monoisotopic (exact) mass is 272 g/mol. The highest BCUT2D eigenvalue weighted by atomic mass is 16.5. The Bertz CT molecular complexity index is 542. The molecule has 2 aromatic rings. The molecule has 0 fully saturated rings. The number of hydrogen-bond acceptors (Lipinski definition) is 5. The molecule has 0 aliphatic carbocycles. The van der Waals surface area contributed by atoms with Gasteiger partial charge in [-0.05, 0) is 37.1 Å². The Balaban J connectivity index is 2.19. The van der Waals surface area contributed by atoms with E-state index >= 15 is 0 Å². The van der Waals surface area contributed by atoms with Crippen LogP contribution in [0.1, 0.15) is 36.5 Å². The highest BCUT2D eigenvalue weighted by Gasteiger charge is 2.14. The summed E-state index contributed by atoms with van der Waals surface area (Å²) in [6.07, 6.45) is 2.73. The summed E-state index contributed by atoms with van der Waals surface area (Å²) in [5, 5.41) is 0. The van der Waals surface area contributed by atoms with E-state index in [9.17, 15) is 0 Å². The SMILES string of the molecule is CCCOc1ccc(C(NN)c2ccnc(C)n2)cc1. The number of aromatic nitrogens is 2. The lowest BCUT2D eigenvalue weighted by Gasteiger charge is -2.16. The first kappa shape index (κ1) is 14.4. The lowest BCUT2D eigenvalue weighted by atomic mass is 10.0. The van der Waals surface area contributed by atoms with Crippen LogP contribution in [0.15, 0.2) is 36.5 Å². The molecule has 0 saturated carbocycles. The molecule has 0 aliphatic rings. The summed E-state index contributed by atoms with van der Waals surface area (Å²) >= 11 is 0. The fourth-order valence-electron chi connectivity index (χ4n) is 1.96. The van der Waals surface area contributed by atoms with Crippen LogP contribution in [0.25, 0.3) is 0 Å². The second kappa shape index (κ2) is 6.98. The van der Waals surface area contributed by atoms with Crippen molar-refractivity contribution in [1.29, 1.82) is 0 Å². The zero-order valence-electron chi connectivity index (χ0n) is 11.8. The Hall–Kier alpha value is -1.98. The number of nitrogens with zero attached hydrogens (tertiary/aromatic N) is 2. The van der Waals surface area contributed by atoms with Crippen LogP contribution in [0, 0.1) is 6.92 Å². The summed E-state index contributed by atoms with van der Waals surface area (Å²) < 4.78 is 5.57. The molecule has 20 heavy (non-hydrogen) atoms. The van der Waals surface area contributed by atoms with Gasteiger partial charge in [0.05, 0.1) is 18.3 Å². The van der Waals surface area contributed by atoms with Crippen LogP contribution < -0.4 is 16.0 Å². The molecule has 1 aromatic heterocycles. The molecule has 106 valence electrons. The number of hydrogen-bond donors (Lipinski definition) is 2. The minimum absolute atomic E-state index is 0.156. The lowest BCUT2D eigenvalue weighted by molar-refractivity contribution is 0.317. The van der Waals surface area contributed by atoms with E-state index in [2.05, 4.69) is 22.3 Å². The topological polar surface area (TPSA) is 73.1 Å². The third-order valence-electron chi connectivity index (χ3n) is 2.95. The van der Waals surface area contributed by atoms with Gasteiger partial charge in [0, 0.05) is 6.20 Å². The Morgan fingerprint density at radius 1 is 1.25 bits per heavy atom. The number of aryl methyl sites for hydroxylation is 1. The molecule has 0 spiro atoms. The van der Waals surface area contributed by atoms with Gasteiger partial charge in [-0.1, -0.05) is 19.1 Å². The molecule has 5 nitrogen and oxygen atoms in total. The normalized spacial score (nSPS) is 12.2. The average Bonchev–Trinajstić information content (AvgIpc) is 2.47. The van der Waals surface area contributed by atoms with Crippen LogP contribution >= 0.6 is 0 Å². The molecule has 1 aromatic carbocycles. The van der Waals surface area contributed by atoms with E-state index in [1.54, 1.807) is 6.20 Å². The molecule has 1 atom stereocenters. The Kier molecular flexibility index (Phi) is 5.03. The molecule has 2 rings (SSSR count). The van der Waals surface area contributed by atoms with Crippen molar-refractivity contribution < 1.29 is 4.74 Å². The molecule has 3 N–H and O–H groups in total. The molecule has 0 aliphatic heterocycles. The van der Waals surface area contributed by atoms with Crippen LogP contribution in [-0.4, -0.2) is 16.6 Å². The first-order valence-corrected chi connectivity index (χ1v) is 6.73. The highest BCUT2D eigenvalue weighted by molar-refractivity contribution is 5.33. The van der Waals surface area contributed by atoms with Crippen molar-refractivity contribution in [2.75, 3.05) is 6.61 Å². The first-order chi connectivity index (χ1) is 9.74. The predicted octanol–water partition coefficient (Wildman–Crippen LogP) is 2.13. The zero-order valence-corrected chi connectivity index (χ0v) is 11.8. The third-order valence-corrected chi connectivity index (χ3v) is 2.95. The summed E-state index contributed by atoms with van der Waals surface area (Å²) in [5.74, 6) is 7.26. The van der Waals surface area contributed by atoms with Gasteiger partial charge >= 0.3 is 0 Å². The molecule has 1 unspecified atom stereocenters. The van der Waals surface area contributed by atoms with Crippen molar-refractivity contribution in [3.05, 3.63) is 53.6 Å². The van der Waals surface area contributed by atoms with Gasteiger partial charge in [-0.15, -0.1) is 0 Å². The largest absolute Gasteiger partial charge is 0.494 e. The van der Waals surface area contributed by atoms with Gasteiger partial charge in [0.2, 0.25) is 0 Å². The maximum Gasteiger partial charge on any atom is 0.125 e. The molecule has 1 heterocycles. The first-order valence-electron chi connectivity index (χ1n) is 6.73. The van der Waals surface area contributed by atoms with E-state index < -0.39 is 0 Å². The second-order valence-electron chi connectivity index (χ2n) is 4.55. The Labute approximate surface area is 119 Å². The lowest BCUT2D eigenvalue weighted by Crippen LogP contribution is -2.29. The quantitative estimate of drug-likeness (QED) is 0.622. The summed E-state index contributed by atoms with van der Waals surface area (Å²) in [7, 11) is 0. The van der Waals surface area contributed by atoms with Crippen molar-refractivity contribution >= 4 is 0 Å². The molecular formula is C15H20N4O. The standard InChI is InChI=1S/C15H20N4O/c1-3-10-20-13-6-4-12(5-7-13)15(19-16)14-8-9-17-11(2)18-14/h4-9,15,19H,3,10,16H2,1-2H3. The van der Waals surface area contributed by atoms with Crippen LogP contribution in [0.5, 0.6) is 5.75 Å². The minimum Gasteiger partial charge on any atom is -0.494 e. The van der Waals surface area contributed by atoms with Crippen LogP contribution in [0.4, 0.5) is 0 Å². The number of ether oxygens (including phenoxy) is 1. The smallest absolute Gasteiger partial charge is 0.125 e.